The normalized spacial score (nSPS) is 16.4. The van der Waals surface area contributed by atoms with Crippen LogP contribution in [0, 0.1) is 5.92 Å². The number of benzene rings is 1. The van der Waals surface area contributed by atoms with Crippen molar-refractivity contribution in [3.05, 3.63) is 35.4 Å². The van der Waals surface area contributed by atoms with Gasteiger partial charge in [0.05, 0.1) is 18.3 Å². The lowest BCUT2D eigenvalue weighted by atomic mass is 9.87. The van der Waals surface area contributed by atoms with Crippen molar-refractivity contribution in [3.63, 3.8) is 0 Å². The van der Waals surface area contributed by atoms with Crippen molar-refractivity contribution < 1.29 is 39.9 Å². The van der Waals surface area contributed by atoms with Crippen LogP contribution in [0.5, 0.6) is 0 Å². The highest BCUT2D eigenvalue weighted by molar-refractivity contribution is 6.11. The molecule has 0 amide bonds. The van der Waals surface area contributed by atoms with Crippen molar-refractivity contribution in [2.24, 2.45) is 5.92 Å². The number of carboxylic acids is 1. The molecule has 1 aromatic carbocycles. The standard InChI is InChI=1S/C14H16O8/c15-5-9(12(19)13(20)10(17)6-16)11(18)7-3-1-2-4-8(7)14(21)22/h1-5,9-10,12-13,16-17,19-20H,6H2,(H,21,22)/t9-,10+,12+,13+/m0/s1. The van der Waals surface area contributed by atoms with Crippen molar-refractivity contribution in [1.29, 1.82) is 0 Å². The predicted molar refractivity (Wildman–Crippen MR) is 72.4 cm³/mol. The molecule has 0 aliphatic rings. The quantitative estimate of drug-likeness (QED) is 0.220. The fourth-order valence-electron chi connectivity index (χ4n) is 1.91. The first-order valence-electron chi connectivity index (χ1n) is 6.32. The Kier molecular flexibility index (Phi) is 6.32. The third-order valence-corrected chi connectivity index (χ3v) is 3.17. The van der Waals surface area contributed by atoms with Gasteiger partial charge in [0.25, 0.3) is 0 Å². The van der Waals surface area contributed by atoms with E-state index in [1.807, 2.05) is 0 Å². The summed E-state index contributed by atoms with van der Waals surface area (Å²) in [6.07, 6.45) is -5.63. The molecule has 0 bridgehead atoms. The molecule has 0 saturated heterocycles. The maximum atomic E-state index is 12.2. The zero-order chi connectivity index (χ0) is 16.9. The third kappa shape index (κ3) is 3.74. The van der Waals surface area contributed by atoms with Gasteiger partial charge in [0, 0.05) is 5.56 Å². The summed E-state index contributed by atoms with van der Waals surface area (Å²) >= 11 is 0. The van der Waals surface area contributed by atoms with Gasteiger partial charge in [0.15, 0.2) is 5.78 Å². The van der Waals surface area contributed by atoms with Crippen molar-refractivity contribution in [1.82, 2.24) is 0 Å². The lowest BCUT2D eigenvalue weighted by Gasteiger charge is -2.25. The average Bonchev–Trinajstić information content (AvgIpc) is 2.53. The number of ketones is 1. The van der Waals surface area contributed by atoms with Gasteiger partial charge >= 0.3 is 5.97 Å². The molecule has 1 rings (SSSR count). The molecule has 0 aromatic heterocycles. The van der Waals surface area contributed by atoms with E-state index in [2.05, 4.69) is 0 Å². The fraction of sp³-hybridized carbons (Fsp3) is 0.357. The van der Waals surface area contributed by atoms with Crippen molar-refractivity contribution >= 4 is 18.0 Å². The van der Waals surface area contributed by atoms with Crippen molar-refractivity contribution in [2.45, 2.75) is 18.3 Å². The van der Waals surface area contributed by atoms with E-state index in [1.54, 1.807) is 0 Å². The Morgan fingerprint density at radius 3 is 2.05 bits per heavy atom. The van der Waals surface area contributed by atoms with Crippen LogP contribution in [0.3, 0.4) is 0 Å². The SMILES string of the molecule is O=C[C@@H](C(=O)c1ccccc1C(=O)O)[C@@H](O)[C@H](O)[C@H](O)CO. The Labute approximate surface area is 125 Å². The number of carboxylic acid groups (broad SMARTS) is 1. The highest BCUT2D eigenvalue weighted by atomic mass is 16.4. The number of rotatable bonds is 8. The first kappa shape index (κ1) is 17.9. The summed E-state index contributed by atoms with van der Waals surface area (Å²) < 4.78 is 0. The second-order valence-corrected chi connectivity index (χ2v) is 4.61. The Bertz CT molecular complexity index is 556. The van der Waals surface area contributed by atoms with Gasteiger partial charge in [-0.3, -0.25) is 4.79 Å². The molecule has 0 heterocycles. The predicted octanol–water partition coefficient (Wildman–Crippen LogP) is -1.54. The first-order chi connectivity index (χ1) is 10.3. The van der Waals surface area contributed by atoms with Crippen molar-refractivity contribution in [3.8, 4) is 0 Å². The number of carbonyl (C=O) groups is 3. The second-order valence-electron chi connectivity index (χ2n) is 4.61. The zero-order valence-electron chi connectivity index (χ0n) is 11.4. The van der Waals surface area contributed by atoms with Gasteiger partial charge in [-0.2, -0.15) is 0 Å². The summed E-state index contributed by atoms with van der Waals surface area (Å²) in [6.45, 7) is -0.885. The molecule has 8 heteroatoms. The Morgan fingerprint density at radius 2 is 1.59 bits per heavy atom. The number of hydrogen-bond donors (Lipinski definition) is 5. The number of aldehydes is 1. The summed E-state index contributed by atoms with van der Waals surface area (Å²) in [5.41, 5.74) is -0.666. The molecule has 4 atom stereocenters. The van der Waals surface area contributed by atoms with Gasteiger partial charge in [-0.1, -0.05) is 18.2 Å². The van der Waals surface area contributed by atoms with Gasteiger partial charge in [0.1, 0.15) is 24.4 Å². The van der Waals surface area contributed by atoms with Crippen LogP contribution in [-0.4, -0.2) is 68.5 Å². The van der Waals surface area contributed by atoms with Crippen LogP contribution in [0.2, 0.25) is 0 Å². The molecule has 1 aromatic rings. The monoisotopic (exact) mass is 312 g/mol. The van der Waals surface area contributed by atoms with E-state index in [0.29, 0.717) is 0 Å². The number of aromatic carboxylic acids is 1. The molecule has 22 heavy (non-hydrogen) atoms. The molecule has 5 N–H and O–H groups in total. The van der Waals surface area contributed by atoms with Crippen LogP contribution in [0.4, 0.5) is 0 Å². The smallest absolute Gasteiger partial charge is 0.336 e. The van der Waals surface area contributed by atoms with Gasteiger partial charge in [0.2, 0.25) is 0 Å². The van der Waals surface area contributed by atoms with Gasteiger partial charge in [-0.05, 0) is 6.07 Å². The van der Waals surface area contributed by atoms with E-state index in [1.165, 1.54) is 18.2 Å². The van der Waals surface area contributed by atoms with E-state index >= 15 is 0 Å². The Hall–Kier alpha value is -2.13. The molecule has 8 nitrogen and oxygen atoms in total. The lowest BCUT2D eigenvalue weighted by molar-refractivity contribution is -0.121. The van der Waals surface area contributed by atoms with E-state index in [4.69, 9.17) is 10.2 Å². The molecule has 0 unspecified atom stereocenters. The summed E-state index contributed by atoms with van der Waals surface area (Å²) in [7, 11) is 0. The largest absolute Gasteiger partial charge is 0.478 e. The highest BCUT2D eigenvalue weighted by Crippen LogP contribution is 2.18. The van der Waals surface area contributed by atoms with Crippen LogP contribution >= 0.6 is 0 Å². The summed E-state index contributed by atoms with van der Waals surface area (Å²) in [4.78, 5) is 34.4. The molecule has 120 valence electrons. The van der Waals surface area contributed by atoms with E-state index < -0.39 is 42.6 Å². The molecule has 0 aliphatic carbocycles. The Morgan fingerprint density at radius 1 is 1.05 bits per heavy atom. The third-order valence-electron chi connectivity index (χ3n) is 3.17. The maximum absolute atomic E-state index is 12.2. The highest BCUT2D eigenvalue weighted by Gasteiger charge is 2.36. The molecular weight excluding hydrogens is 296 g/mol. The van der Waals surface area contributed by atoms with Crippen LogP contribution in [0.15, 0.2) is 24.3 Å². The minimum absolute atomic E-state index is 0.0545. The molecule has 0 spiro atoms. The maximum Gasteiger partial charge on any atom is 0.336 e. The topological polar surface area (TPSA) is 152 Å². The van der Waals surface area contributed by atoms with Crippen LogP contribution in [-0.2, 0) is 4.79 Å². The van der Waals surface area contributed by atoms with E-state index in [9.17, 15) is 29.7 Å². The van der Waals surface area contributed by atoms with Gasteiger partial charge in [-0.15, -0.1) is 0 Å². The minimum Gasteiger partial charge on any atom is -0.478 e. The van der Waals surface area contributed by atoms with Gasteiger partial charge in [-0.25, -0.2) is 4.79 Å². The number of aliphatic hydroxyl groups is 4. The lowest BCUT2D eigenvalue weighted by Crippen LogP contribution is -2.46. The molecular formula is C14H16O8. The van der Waals surface area contributed by atoms with E-state index in [-0.39, 0.29) is 17.4 Å². The first-order valence-corrected chi connectivity index (χ1v) is 6.32. The number of Topliss-reactive ketones (excluding diaryl/α,β-unsaturated/α-hetero) is 1. The fourth-order valence-corrected chi connectivity index (χ4v) is 1.91. The zero-order valence-corrected chi connectivity index (χ0v) is 11.4. The number of carbonyl (C=O) groups excluding carboxylic acids is 2. The van der Waals surface area contributed by atoms with Crippen LogP contribution < -0.4 is 0 Å². The summed E-state index contributed by atoms with van der Waals surface area (Å²) in [5.74, 6) is -4.18. The average molecular weight is 312 g/mol. The summed E-state index contributed by atoms with van der Waals surface area (Å²) in [6, 6.07) is 5.09. The number of aliphatic hydroxyl groups excluding tert-OH is 4. The van der Waals surface area contributed by atoms with E-state index in [0.717, 1.165) is 6.07 Å². The van der Waals surface area contributed by atoms with Gasteiger partial charge < -0.3 is 30.3 Å². The number of hydrogen-bond acceptors (Lipinski definition) is 7. The molecule has 0 radical (unpaired) electrons. The minimum atomic E-state index is -1.99. The van der Waals surface area contributed by atoms with Crippen LogP contribution in [0.25, 0.3) is 0 Å². The summed E-state index contributed by atoms with van der Waals surface area (Å²) in [5, 5.41) is 46.4. The molecule has 0 aliphatic heterocycles. The molecule has 0 fully saturated rings. The second kappa shape index (κ2) is 7.76. The van der Waals surface area contributed by atoms with Crippen LogP contribution in [0.1, 0.15) is 20.7 Å². The molecule has 0 saturated carbocycles. The van der Waals surface area contributed by atoms with Crippen molar-refractivity contribution in [2.75, 3.05) is 6.61 Å². The Balaban J connectivity index is 3.13.